The first-order valence-electron chi connectivity index (χ1n) is 10.4. The van der Waals surface area contributed by atoms with Crippen molar-refractivity contribution in [1.29, 1.82) is 0 Å². The lowest BCUT2D eigenvalue weighted by Gasteiger charge is -2.29. The molecule has 1 spiro atoms. The molecule has 1 saturated heterocycles. The molecule has 1 aromatic carbocycles. The van der Waals surface area contributed by atoms with Gasteiger partial charge in [-0.25, -0.2) is 9.59 Å². The van der Waals surface area contributed by atoms with Crippen LogP contribution in [0.15, 0.2) is 29.4 Å². The molecule has 1 fully saturated rings. The molecule has 3 rings (SSSR count). The number of carbonyl (C=O) groups is 2. The van der Waals surface area contributed by atoms with E-state index in [0.717, 1.165) is 17.0 Å². The van der Waals surface area contributed by atoms with Crippen LogP contribution >= 0.6 is 0 Å². The highest BCUT2D eigenvalue weighted by Gasteiger charge is 2.55. The van der Waals surface area contributed by atoms with Gasteiger partial charge < -0.3 is 19.0 Å². The van der Waals surface area contributed by atoms with Gasteiger partial charge in [0.05, 0.1) is 19.4 Å². The number of ether oxygens (including phenoxy) is 3. The lowest BCUT2D eigenvalue weighted by atomic mass is 9.91. The van der Waals surface area contributed by atoms with Crippen molar-refractivity contribution in [2.45, 2.75) is 77.2 Å². The minimum absolute atomic E-state index is 0.189. The van der Waals surface area contributed by atoms with Gasteiger partial charge in [0.25, 0.3) is 0 Å². The first kappa shape index (κ1) is 22.9. The van der Waals surface area contributed by atoms with E-state index in [1.165, 1.54) is 4.90 Å². The molecule has 2 atom stereocenters. The van der Waals surface area contributed by atoms with Crippen molar-refractivity contribution in [1.82, 2.24) is 4.90 Å². The summed E-state index contributed by atoms with van der Waals surface area (Å²) in [6.45, 7) is 10.9. The van der Waals surface area contributed by atoms with Crippen LogP contribution in [0.1, 0.15) is 59.9 Å². The summed E-state index contributed by atoms with van der Waals surface area (Å²) in [5.74, 6) is 0.275. The maximum Gasteiger partial charge on any atom is 0.411 e. The van der Waals surface area contributed by atoms with Crippen LogP contribution in [0.2, 0.25) is 0 Å². The summed E-state index contributed by atoms with van der Waals surface area (Å²) in [7, 11) is 1.61. The average molecular weight is 433 g/mol. The number of nitrogens with zero attached hydrogens (tertiary/aromatic N) is 2. The Morgan fingerprint density at radius 3 is 2.23 bits per heavy atom. The summed E-state index contributed by atoms with van der Waals surface area (Å²) in [5, 5.41) is 4.28. The molecular weight excluding hydrogens is 400 g/mol. The van der Waals surface area contributed by atoms with E-state index in [2.05, 4.69) is 5.16 Å². The average Bonchev–Trinajstić information content (AvgIpc) is 3.24. The van der Waals surface area contributed by atoms with Gasteiger partial charge >= 0.3 is 12.1 Å². The molecule has 0 saturated carbocycles. The monoisotopic (exact) mass is 432 g/mol. The Bertz CT molecular complexity index is 828. The number of hydrogen-bond acceptors (Lipinski definition) is 7. The fourth-order valence-electron chi connectivity index (χ4n) is 3.69. The van der Waals surface area contributed by atoms with Gasteiger partial charge in [0.2, 0.25) is 0 Å². The topological polar surface area (TPSA) is 86.7 Å². The van der Waals surface area contributed by atoms with Crippen LogP contribution in [0.4, 0.5) is 4.79 Å². The van der Waals surface area contributed by atoms with Crippen LogP contribution in [-0.4, -0.2) is 59.2 Å². The van der Waals surface area contributed by atoms with Gasteiger partial charge in [-0.05, 0) is 71.4 Å². The first-order chi connectivity index (χ1) is 14.3. The van der Waals surface area contributed by atoms with Crippen LogP contribution in [0.25, 0.3) is 0 Å². The van der Waals surface area contributed by atoms with Crippen molar-refractivity contribution in [2.75, 3.05) is 13.7 Å². The van der Waals surface area contributed by atoms with Gasteiger partial charge in [0.1, 0.15) is 23.0 Å². The number of amides is 1. The molecule has 0 radical (unpaired) electrons. The van der Waals surface area contributed by atoms with Gasteiger partial charge in [0.15, 0.2) is 5.60 Å². The van der Waals surface area contributed by atoms with Crippen LogP contribution < -0.4 is 4.74 Å². The summed E-state index contributed by atoms with van der Waals surface area (Å²) in [6, 6.07) is 6.72. The highest BCUT2D eigenvalue weighted by Crippen LogP contribution is 2.40. The Morgan fingerprint density at radius 2 is 1.68 bits per heavy atom. The number of esters is 1. The summed E-state index contributed by atoms with van der Waals surface area (Å²) in [6.07, 6.45) is 0.184. The van der Waals surface area contributed by atoms with Gasteiger partial charge in [0, 0.05) is 12.8 Å². The lowest BCUT2D eigenvalue weighted by molar-refractivity contribution is -0.160. The third-order valence-electron chi connectivity index (χ3n) is 4.97. The zero-order chi connectivity index (χ0) is 23.0. The fourth-order valence-corrected chi connectivity index (χ4v) is 3.69. The number of oxime groups is 1. The minimum Gasteiger partial charge on any atom is -0.497 e. The van der Waals surface area contributed by atoms with Crippen molar-refractivity contribution >= 4 is 17.8 Å². The van der Waals surface area contributed by atoms with E-state index in [1.807, 2.05) is 24.3 Å². The molecule has 0 aliphatic carbocycles. The molecule has 31 heavy (non-hydrogen) atoms. The highest BCUT2D eigenvalue weighted by molar-refractivity contribution is 6.02. The van der Waals surface area contributed by atoms with E-state index in [-0.39, 0.29) is 13.0 Å². The number of rotatable bonds is 3. The van der Waals surface area contributed by atoms with Gasteiger partial charge in [-0.15, -0.1) is 0 Å². The predicted octanol–water partition coefficient (Wildman–Crippen LogP) is 3.91. The molecule has 0 unspecified atom stereocenters. The Morgan fingerprint density at radius 1 is 1.06 bits per heavy atom. The SMILES string of the molecule is COc1ccc(C2=NO[C@]3(C2)C[C@@H](C(=O)OC(C)(C)C)N(C(=O)OC(C)(C)C)C3)cc1. The molecule has 8 heteroatoms. The quantitative estimate of drug-likeness (QED) is 0.673. The summed E-state index contributed by atoms with van der Waals surface area (Å²) in [4.78, 5) is 33.1. The van der Waals surface area contributed by atoms with Crippen molar-refractivity contribution in [3.8, 4) is 5.75 Å². The van der Waals surface area contributed by atoms with Crippen LogP contribution in [0.3, 0.4) is 0 Å². The van der Waals surface area contributed by atoms with E-state index in [1.54, 1.807) is 48.7 Å². The Balaban J connectivity index is 1.80. The van der Waals surface area contributed by atoms with E-state index < -0.39 is 34.9 Å². The fraction of sp³-hybridized carbons (Fsp3) is 0.609. The molecule has 0 N–H and O–H groups in total. The van der Waals surface area contributed by atoms with Crippen molar-refractivity contribution in [2.24, 2.45) is 5.16 Å². The third-order valence-corrected chi connectivity index (χ3v) is 4.97. The maximum atomic E-state index is 12.9. The van der Waals surface area contributed by atoms with Gasteiger partial charge in [-0.1, -0.05) is 5.16 Å². The molecular formula is C23H32N2O6. The summed E-state index contributed by atoms with van der Waals surface area (Å²) < 4.78 is 16.3. The molecule has 2 aliphatic heterocycles. The molecule has 1 amide bonds. The smallest absolute Gasteiger partial charge is 0.411 e. The van der Waals surface area contributed by atoms with Crippen LogP contribution in [0.5, 0.6) is 5.75 Å². The molecule has 1 aromatic rings. The normalized spacial score (nSPS) is 23.4. The number of methoxy groups -OCH3 is 1. The van der Waals surface area contributed by atoms with Crippen molar-refractivity contribution in [3.63, 3.8) is 0 Å². The zero-order valence-corrected chi connectivity index (χ0v) is 19.4. The molecule has 8 nitrogen and oxygen atoms in total. The predicted molar refractivity (Wildman–Crippen MR) is 115 cm³/mol. The zero-order valence-electron chi connectivity index (χ0n) is 19.4. The summed E-state index contributed by atoms with van der Waals surface area (Å²) >= 11 is 0. The third kappa shape index (κ3) is 5.48. The van der Waals surface area contributed by atoms with E-state index in [4.69, 9.17) is 19.0 Å². The van der Waals surface area contributed by atoms with Gasteiger partial charge in [-0.3, -0.25) is 4.90 Å². The second-order valence-corrected chi connectivity index (χ2v) is 10.1. The standard InChI is InChI=1S/C23H32N2O6/c1-21(2,3)29-19(26)18-13-23(14-25(18)20(27)30-22(4,5)6)12-17(24-31-23)15-8-10-16(28-7)11-9-15/h8-11,18H,12-14H2,1-7H3/t18-,23+/m0/s1. The second-order valence-electron chi connectivity index (χ2n) is 10.1. The van der Waals surface area contributed by atoms with E-state index in [0.29, 0.717) is 6.42 Å². The van der Waals surface area contributed by atoms with Gasteiger partial charge in [-0.2, -0.15) is 0 Å². The molecule has 2 aliphatic rings. The first-order valence-corrected chi connectivity index (χ1v) is 10.4. The van der Waals surface area contributed by atoms with Crippen LogP contribution in [0, 0.1) is 0 Å². The number of benzene rings is 1. The molecule has 170 valence electrons. The van der Waals surface area contributed by atoms with E-state index >= 15 is 0 Å². The maximum absolute atomic E-state index is 12.9. The van der Waals surface area contributed by atoms with Crippen LogP contribution in [-0.2, 0) is 19.1 Å². The van der Waals surface area contributed by atoms with Crippen molar-refractivity contribution < 1.29 is 28.6 Å². The highest BCUT2D eigenvalue weighted by atomic mass is 16.7. The number of hydrogen-bond donors (Lipinski definition) is 0. The second kappa shape index (κ2) is 8.05. The Hall–Kier alpha value is -2.77. The minimum atomic E-state index is -0.806. The molecule has 0 bridgehead atoms. The molecule has 2 heterocycles. The Labute approximate surface area is 183 Å². The van der Waals surface area contributed by atoms with E-state index in [9.17, 15) is 9.59 Å². The summed E-state index contributed by atoms with van der Waals surface area (Å²) in [5.41, 5.74) is -0.493. The lowest BCUT2D eigenvalue weighted by Crippen LogP contribution is -2.46. The number of likely N-dealkylation sites (tertiary alicyclic amines) is 1. The largest absolute Gasteiger partial charge is 0.497 e. The molecule has 0 aromatic heterocycles. The van der Waals surface area contributed by atoms with Crippen molar-refractivity contribution in [3.05, 3.63) is 29.8 Å². The Kier molecular flexibility index (Phi) is 5.95. The number of carbonyl (C=O) groups excluding carboxylic acids is 2.